The summed E-state index contributed by atoms with van der Waals surface area (Å²) in [7, 11) is 0. The van der Waals surface area contributed by atoms with Crippen molar-refractivity contribution in [2.45, 2.75) is 19.8 Å². The molecule has 0 spiro atoms. The summed E-state index contributed by atoms with van der Waals surface area (Å²) < 4.78 is 0. The standard InChI is InChI=1S/C10H12/c1-8-6-9-4-2-3-5-10(9)7-8/h2-5,8H,6-7H2,1H3. The Bertz CT molecular complexity index is 213. The van der Waals surface area contributed by atoms with Gasteiger partial charge in [-0.3, -0.25) is 0 Å². The third-order valence-corrected chi connectivity index (χ3v) is 2.26. The molecule has 0 radical (unpaired) electrons. The highest BCUT2D eigenvalue weighted by Gasteiger charge is 2.15. The minimum atomic E-state index is 0.873. The van der Waals surface area contributed by atoms with Crippen molar-refractivity contribution >= 4 is 0 Å². The summed E-state index contributed by atoms with van der Waals surface area (Å²) in [6, 6.07) is 8.77. The second-order valence-corrected chi connectivity index (χ2v) is 3.28. The Morgan fingerprint density at radius 1 is 1.10 bits per heavy atom. The van der Waals surface area contributed by atoms with E-state index in [1.807, 2.05) is 0 Å². The van der Waals surface area contributed by atoms with E-state index in [2.05, 4.69) is 31.2 Å². The lowest BCUT2D eigenvalue weighted by Crippen LogP contribution is -1.89. The van der Waals surface area contributed by atoms with Crippen molar-refractivity contribution < 1.29 is 0 Å². The minimum absolute atomic E-state index is 0.873. The Morgan fingerprint density at radius 2 is 1.60 bits per heavy atom. The summed E-state index contributed by atoms with van der Waals surface area (Å²) in [4.78, 5) is 0. The summed E-state index contributed by atoms with van der Waals surface area (Å²) in [6.07, 6.45) is 2.58. The molecule has 2 rings (SSSR count). The van der Waals surface area contributed by atoms with E-state index < -0.39 is 0 Å². The van der Waals surface area contributed by atoms with Crippen molar-refractivity contribution in [3.63, 3.8) is 0 Å². The van der Waals surface area contributed by atoms with Gasteiger partial charge in [0.15, 0.2) is 0 Å². The quantitative estimate of drug-likeness (QED) is 0.508. The maximum atomic E-state index is 2.32. The van der Waals surface area contributed by atoms with E-state index in [0.717, 1.165) is 5.92 Å². The van der Waals surface area contributed by atoms with Crippen LogP contribution in [0.2, 0.25) is 0 Å². The van der Waals surface area contributed by atoms with Crippen molar-refractivity contribution in [1.29, 1.82) is 0 Å². The van der Waals surface area contributed by atoms with Crippen LogP contribution in [0.25, 0.3) is 0 Å². The van der Waals surface area contributed by atoms with E-state index in [4.69, 9.17) is 0 Å². The van der Waals surface area contributed by atoms with Crippen molar-refractivity contribution in [1.82, 2.24) is 0 Å². The zero-order valence-corrected chi connectivity index (χ0v) is 6.30. The highest BCUT2D eigenvalue weighted by Crippen LogP contribution is 2.25. The van der Waals surface area contributed by atoms with Crippen LogP contribution in [-0.2, 0) is 12.8 Å². The number of hydrogen-bond acceptors (Lipinski definition) is 0. The number of benzene rings is 1. The van der Waals surface area contributed by atoms with Gasteiger partial charge in [0, 0.05) is 0 Å². The van der Waals surface area contributed by atoms with E-state index in [-0.39, 0.29) is 0 Å². The van der Waals surface area contributed by atoms with Crippen LogP contribution in [0.3, 0.4) is 0 Å². The number of fused-ring (bicyclic) bond motifs is 1. The SMILES string of the molecule is CC1Cc2ccccc2C1. The summed E-state index contributed by atoms with van der Waals surface area (Å²) in [5.74, 6) is 0.873. The van der Waals surface area contributed by atoms with Gasteiger partial charge in [-0.05, 0) is 29.9 Å². The Kier molecular flexibility index (Phi) is 1.26. The predicted octanol–water partition coefficient (Wildman–Crippen LogP) is 2.42. The van der Waals surface area contributed by atoms with Crippen molar-refractivity contribution in [2.24, 2.45) is 5.92 Å². The van der Waals surface area contributed by atoms with Gasteiger partial charge in [-0.25, -0.2) is 0 Å². The molecule has 0 fully saturated rings. The second-order valence-electron chi connectivity index (χ2n) is 3.28. The Labute approximate surface area is 61.9 Å². The first kappa shape index (κ1) is 5.96. The fourth-order valence-corrected chi connectivity index (χ4v) is 1.78. The molecule has 0 N–H and O–H groups in total. The van der Waals surface area contributed by atoms with Gasteiger partial charge in [0.05, 0.1) is 0 Å². The van der Waals surface area contributed by atoms with Gasteiger partial charge in [-0.15, -0.1) is 0 Å². The molecule has 0 saturated heterocycles. The van der Waals surface area contributed by atoms with Crippen LogP contribution in [0.1, 0.15) is 18.1 Å². The molecular weight excluding hydrogens is 120 g/mol. The van der Waals surface area contributed by atoms with Crippen molar-refractivity contribution in [2.75, 3.05) is 0 Å². The van der Waals surface area contributed by atoms with E-state index in [1.54, 1.807) is 11.1 Å². The van der Waals surface area contributed by atoms with Gasteiger partial charge < -0.3 is 0 Å². The third-order valence-electron chi connectivity index (χ3n) is 2.26. The lowest BCUT2D eigenvalue weighted by atomic mass is 10.1. The van der Waals surface area contributed by atoms with Gasteiger partial charge in [0.25, 0.3) is 0 Å². The highest BCUT2D eigenvalue weighted by atomic mass is 14.2. The molecule has 0 unspecified atom stereocenters. The van der Waals surface area contributed by atoms with Crippen LogP contribution in [0.4, 0.5) is 0 Å². The smallest absolute Gasteiger partial charge is 0.0247 e. The fourth-order valence-electron chi connectivity index (χ4n) is 1.78. The Morgan fingerprint density at radius 3 is 2.10 bits per heavy atom. The van der Waals surface area contributed by atoms with E-state index in [1.165, 1.54) is 12.8 Å². The van der Waals surface area contributed by atoms with Gasteiger partial charge in [-0.1, -0.05) is 31.2 Å². The zero-order chi connectivity index (χ0) is 6.97. The number of rotatable bonds is 0. The first-order valence-electron chi connectivity index (χ1n) is 3.93. The van der Waals surface area contributed by atoms with Crippen molar-refractivity contribution in [3.8, 4) is 0 Å². The Balaban J connectivity index is 2.42. The monoisotopic (exact) mass is 132 g/mol. The molecule has 0 saturated carbocycles. The maximum absolute atomic E-state index is 2.32. The van der Waals surface area contributed by atoms with Crippen LogP contribution in [0, 0.1) is 5.92 Å². The molecule has 1 aromatic carbocycles. The molecule has 0 heteroatoms. The van der Waals surface area contributed by atoms with Crippen LogP contribution in [-0.4, -0.2) is 0 Å². The van der Waals surface area contributed by atoms with Gasteiger partial charge >= 0.3 is 0 Å². The van der Waals surface area contributed by atoms with Crippen LogP contribution < -0.4 is 0 Å². The van der Waals surface area contributed by atoms with Crippen LogP contribution in [0.15, 0.2) is 24.3 Å². The molecule has 0 heterocycles. The van der Waals surface area contributed by atoms with E-state index in [0.29, 0.717) is 0 Å². The molecule has 0 bridgehead atoms. The average molecular weight is 132 g/mol. The normalized spacial score (nSPS) is 17.3. The summed E-state index contributed by atoms with van der Waals surface area (Å²) >= 11 is 0. The molecule has 0 aromatic heterocycles. The lowest BCUT2D eigenvalue weighted by molar-refractivity contribution is 0.628. The molecule has 10 heavy (non-hydrogen) atoms. The average Bonchev–Trinajstić information content (AvgIpc) is 2.27. The van der Waals surface area contributed by atoms with Crippen LogP contribution in [0.5, 0.6) is 0 Å². The second kappa shape index (κ2) is 2.12. The lowest BCUT2D eigenvalue weighted by Gasteiger charge is -1.93. The Hall–Kier alpha value is -0.780. The molecule has 1 aromatic rings. The zero-order valence-electron chi connectivity index (χ0n) is 6.30. The summed E-state index contributed by atoms with van der Waals surface area (Å²) in [5, 5.41) is 0. The third kappa shape index (κ3) is 0.841. The first-order chi connectivity index (χ1) is 4.86. The molecule has 0 atom stereocenters. The molecule has 0 amide bonds. The molecule has 52 valence electrons. The van der Waals surface area contributed by atoms with E-state index >= 15 is 0 Å². The van der Waals surface area contributed by atoms with Gasteiger partial charge in [0.1, 0.15) is 0 Å². The molecule has 1 aliphatic carbocycles. The van der Waals surface area contributed by atoms with E-state index in [9.17, 15) is 0 Å². The van der Waals surface area contributed by atoms with Crippen molar-refractivity contribution in [3.05, 3.63) is 35.4 Å². The molecule has 0 aliphatic heterocycles. The van der Waals surface area contributed by atoms with Crippen LogP contribution >= 0.6 is 0 Å². The fraction of sp³-hybridized carbons (Fsp3) is 0.400. The first-order valence-corrected chi connectivity index (χ1v) is 3.93. The summed E-state index contributed by atoms with van der Waals surface area (Å²) in [6.45, 7) is 2.32. The van der Waals surface area contributed by atoms with Gasteiger partial charge in [0.2, 0.25) is 0 Å². The predicted molar refractivity (Wildman–Crippen MR) is 43.0 cm³/mol. The maximum Gasteiger partial charge on any atom is -0.0247 e. The van der Waals surface area contributed by atoms with Gasteiger partial charge in [-0.2, -0.15) is 0 Å². The number of hydrogen-bond donors (Lipinski definition) is 0. The molecule has 1 aliphatic rings. The molecule has 0 nitrogen and oxygen atoms in total. The minimum Gasteiger partial charge on any atom is -0.0620 e. The topological polar surface area (TPSA) is 0 Å². The highest BCUT2D eigenvalue weighted by molar-refractivity contribution is 5.31. The summed E-state index contributed by atoms with van der Waals surface area (Å²) in [5.41, 5.74) is 3.13. The molecular formula is C10H12. The largest absolute Gasteiger partial charge is 0.0620 e.